The number of benzene rings is 2. The molecule has 2 aromatic carbocycles. The molecule has 7 heteroatoms. The number of carbonyl (C=O) groups is 3. The van der Waals surface area contributed by atoms with Crippen LogP contribution in [0.1, 0.15) is 37.8 Å². The smallest absolute Gasteiger partial charge is 0.348 e. The van der Waals surface area contributed by atoms with Crippen molar-refractivity contribution in [2.75, 3.05) is 19.8 Å². The van der Waals surface area contributed by atoms with Crippen LogP contribution in [-0.2, 0) is 24.7 Å². The Kier molecular flexibility index (Phi) is 9.03. The van der Waals surface area contributed by atoms with Crippen molar-refractivity contribution in [2.24, 2.45) is 0 Å². The molecule has 2 rings (SSSR count). The van der Waals surface area contributed by atoms with Gasteiger partial charge in [-0.15, -0.1) is 0 Å². The van der Waals surface area contributed by atoms with Gasteiger partial charge >= 0.3 is 12.0 Å². The number of unbranched alkanes of at least 4 members (excludes halogenated alkanes) is 1. The van der Waals surface area contributed by atoms with E-state index in [1.165, 1.54) is 0 Å². The Morgan fingerprint density at radius 2 is 1.47 bits per heavy atom. The van der Waals surface area contributed by atoms with E-state index in [4.69, 9.17) is 9.47 Å². The second-order valence-corrected chi connectivity index (χ2v) is 6.58. The Hall–Kier alpha value is -3.19. The minimum atomic E-state index is -1.53. The summed E-state index contributed by atoms with van der Waals surface area (Å²) >= 11 is 0. The monoisotopic (exact) mass is 412 g/mol. The van der Waals surface area contributed by atoms with Crippen LogP contribution in [0.15, 0.2) is 60.7 Å². The molecule has 0 spiro atoms. The normalized spacial score (nSPS) is 10.9. The number of imide groups is 1. The zero-order valence-electron chi connectivity index (χ0n) is 17.4. The summed E-state index contributed by atoms with van der Waals surface area (Å²) in [6, 6.07) is 17.3. The summed E-state index contributed by atoms with van der Waals surface area (Å²) in [7, 11) is 0. The van der Waals surface area contributed by atoms with Gasteiger partial charge in [-0.1, -0.05) is 74.0 Å². The van der Waals surface area contributed by atoms with Gasteiger partial charge in [-0.25, -0.2) is 9.59 Å². The summed E-state index contributed by atoms with van der Waals surface area (Å²) in [5, 5.41) is 4.72. The number of amides is 3. The van der Waals surface area contributed by atoms with Crippen molar-refractivity contribution in [3.63, 3.8) is 0 Å². The molecule has 0 saturated heterocycles. The Bertz CT molecular complexity index is 785. The van der Waals surface area contributed by atoms with Crippen LogP contribution in [0.2, 0.25) is 0 Å². The molecule has 0 aliphatic rings. The summed E-state index contributed by atoms with van der Waals surface area (Å²) in [5.41, 5.74) is -0.359. The van der Waals surface area contributed by atoms with Crippen molar-refractivity contribution in [2.45, 2.75) is 32.3 Å². The van der Waals surface area contributed by atoms with Crippen LogP contribution < -0.4 is 10.6 Å². The molecule has 0 unspecified atom stereocenters. The van der Waals surface area contributed by atoms with E-state index in [2.05, 4.69) is 10.6 Å². The number of hydrogen-bond acceptors (Lipinski definition) is 5. The molecule has 0 radical (unpaired) electrons. The third kappa shape index (κ3) is 5.90. The van der Waals surface area contributed by atoms with E-state index in [9.17, 15) is 14.4 Å². The molecule has 0 aliphatic heterocycles. The molecule has 0 atom stereocenters. The molecule has 160 valence electrons. The third-order valence-electron chi connectivity index (χ3n) is 4.41. The lowest BCUT2D eigenvalue weighted by molar-refractivity contribution is -0.170. The van der Waals surface area contributed by atoms with E-state index in [0.717, 1.165) is 12.8 Å². The Morgan fingerprint density at radius 3 is 1.97 bits per heavy atom. The van der Waals surface area contributed by atoms with Gasteiger partial charge in [0.05, 0.1) is 0 Å². The fourth-order valence-corrected chi connectivity index (χ4v) is 3.01. The van der Waals surface area contributed by atoms with Crippen molar-refractivity contribution in [3.05, 3.63) is 71.8 Å². The molecule has 0 bridgehead atoms. The number of nitrogens with one attached hydrogen (secondary N) is 2. The molecule has 0 aliphatic carbocycles. The second-order valence-electron chi connectivity index (χ2n) is 6.58. The largest absolute Gasteiger partial charge is 0.453 e. The molecular weight excluding hydrogens is 384 g/mol. The zero-order valence-corrected chi connectivity index (χ0v) is 17.4. The molecule has 3 amide bonds. The predicted molar refractivity (Wildman–Crippen MR) is 113 cm³/mol. The number of esters is 1. The van der Waals surface area contributed by atoms with Crippen LogP contribution in [0.4, 0.5) is 4.79 Å². The van der Waals surface area contributed by atoms with Gasteiger partial charge in [0.25, 0.3) is 5.91 Å². The first-order valence-electron chi connectivity index (χ1n) is 10.0. The van der Waals surface area contributed by atoms with Crippen molar-refractivity contribution in [1.29, 1.82) is 0 Å². The van der Waals surface area contributed by atoms with Gasteiger partial charge < -0.3 is 14.8 Å². The maximum atomic E-state index is 13.2. The quantitative estimate of drug-likeness (QED) is 0.462. The molecule has 2 aromatic rings. The first kappa shape index (κ1) is 23.1. The zero-order chi connectivity index (χ0) is 21.8. The molecule has 7 nitrogen and oxygen atoms in total. The van der Waals surface area contributed by atoms with E-state index < -0.39 is 30.1 Å². The van der Waals surface area contributed by atoms with Crippen LogP contribution in [-0.4, -0.2) is 37.7 Å². The average molecular weight is 412 g/mol. The number of carbonyl (C=O) groups excluding carboxylic acids is 3. The van der Waals surface area contributed by atoms with Gasteiger partial charge in [0.1, 0.15) is 0 Å². The summed E-state index contributed by atoms with van der Waals surface area (Å²) in [6.07, 6.45) is 1.73. The molecule has 30 heavy (non-hydrogen) atoms. The first-order chi connectivity index (χ1) is 14.5. The maximum absolute atomic E-state index is 13.2. The van der Waals surface area contributed by atoms with Crippen molar-refractivity contribution in [1.82, 2.24) is 10.6 Å². The van der Waals surface area contributed by atoms with Gasteiger partial charge in [0.15, 0.2) is 6.61 Å². The minimum Gasteiger partial charge on any atom is -0.453 e. The topological polar surface area (TPSA) is 93.7 Å². The van der Waals surface area contributed by atoms with Gasteiger partial charge in [0.2, 0.25) is 5.60 Å². The highest BCUT2D eigenvalue weighted by molar-refractivity contribution is 5.96. The highest BCUT2D eigenvalue weighted by atomic mass is 16.6. The fourth-order valence-electron chi connectivity index (χ4n) is 3.01. The van der Waals surface area contributed by atoms with Crippen LogP contribution in [0.5, 0.6) is 0 Å². The third-order valence-corrected chi connectivity index (χ3v) is 4.41. The summed E-state index contributed by atoms with van der Waals surface area (Å²) < 4.78 is 11.3. The molecule has 0 heterocycles. The highest BCUT2D eigenvalue weighted by Gasteiger charge is 2.45. The first-order valence-corrected chi connectivity index (χ1v) is 10.0. The van der Waals surface area contributed by atoms with Gasteiger partial charge in [0, 0.05) is 13.2 Å². The molecular formula is C23H28N2O5. The molecule has 2 N–H and O–H groups in total. The standard InChI is InChI=1S/C23H28N2O5/c1-3-5-16-24-22(28)25-20(26)17-29-21(27)23(30-4-2,18-12-8-6-9-13-18)19-14-10-7-11-15-19/h6-15H,3-5,16-17H2,1-2H3,(H2,24,25,26,28). The van der Waals surface area contributed by atoms with Crippen LogP contribution in [0.25, 0.3) is 0 Å². The number of rotatable bonds is 10. The van der Waals surface area contributed by atoms with Gasteiger partial charge in [-0.05, 0) is 24.5 Å². The number of urea groups is 1. The van der Waals surface area contributed by atoms with E-state index in [-0.39, 0.29) is 6.61 Å². The Morgan fingerprint density at radius 1 is 0.900 bits per heavy atom. The minimum absolute atomic E-state index is 0.241. The summed E-state index contributed by atoms with van der Waals surface area (Å²) in [4.78, 5) is 37.0. The summed E-state index contributed by atoms with van der Waals surface area (Å²) in [6.45, 7) is 3.87. The van der Waals surface area contributed by atoms with E-state index >= 15 is 0 Å². The Labute approximate surface area is 176 Å². The molecule has 0 aromatic heterocycles. The highest BCUT2D eigenvalue weighted by Crippen LogP contribution is 2.35. The van der Waals surface area contributed by atoms with Crippen LogP contribution >= 0.6 is 0 Å². The van der Waals surface area contributed by atoms with Crippen molar-refractivity contribution in [3.8, 4) is 0 Å². The lowest BCUT2D eigenvalue weighted by atomic mass is 9.86. The predicted octanol–water partition coefficient (Wildman–Crippen LogP) is 3.14. The van der Waals surface area contributed by atoms with Gasteiger partial charge in [-0.2, -0.15) is 0 Å². The fraction of sp³-hybridized carbons (Fsp3) is 0.348. The number of hydrogen-bond donors (Lipinski definition) is 2. The number of ether oxygens (including phenoxy) is 2. The summed E-state index contributed by atoms with van der Waals surface area (Å²) in [5.74, 6) is -1.45. The Balaban J connectivity index is 2.18. The van der Waals surface area contributed by atoms with Crippen molar-refractivity contribution >= 4 is 17.9 Å². The molecule has 0 fully saturated rings. The van der Waals surface area contributed by atoms with Crippen LogP contribution in [0.3, 0.4) is 0 Å². The second kappa shape index (κ2) is 11.7. The lowest BCUT2D eigenvalue weighted by Gasteiger charge is -2.32. The van der Waals surface area contributed by atoms with E-state index in [0.29, 0.717) is 17.7 Å². The van der Waals surface area contributed by atoms with E-state index in [1.54, 1.807) is 55.5 Å². The average Bonchev–Trinajstić information content (AvgIpc) is 2.77. The van der Waals surface area contributed by atoms with Gasteiger partial charge in [-0.3, -0.25) is 10.1 Å². The maximum Gasteiger partial charge on any atom is 0.348 e. The van der Waals surface area contributed by atoms with Crippen molar-refractivity contribution < 1.29 is 23.9 Å². The van der Waals surface area contributed by atoms with E-state index in [1.807, 2.05) is 19.1 Å². The van der Waals surface area contributed by atoms with Crippen LogP contribution in [0, 0.1) is 0 Å². The molecule has 0 saturated carbocycles. The lowest BCUT2D eigenvalue weighted by Crippen LogP contribution is -2.45. The SMILES string of the molecule is CCCCNC(=O)NC(=O)COC(=O)C(OCC)(c1ccccc1)c1ccccc1.